The summed E-state index contributed by atoms with van der Waals surface area (Å²) in [4.78, 5) is 0. The van der Waals surface area contributed by atoms with Crippen LogP contribution in [-0.4, -0.2) is 0 Å². The Balaban J connectivity index is 1.80. The minimum atomic E-state index is -0.358. The molecule has 0 heterocycles. The topological polar surface area (TPSA) is 70.5 Å². The molecule has 0 aliphatic carbocycles. The zero-order valence-electron chi connectivity index (χ0n) is 20.0. The number of hydrogen-bond donors (Lipinski definition) is 2. The monoisotopic (exact) mass is 452 g/mol. The van der Waals surface area contributed by atoms with Crippen LogP contribution < -0.4 is 20.9 Å². The largest absolute Gasteiger partial charge is 0.457 e. The van der Waals surface area contributed by atoms with Gasteiger partial charge in [-0.05, 0) is 73.0 Å². The summed E-state index contributed by atoms with van der Waals surface area (Å²) in [7, 11) is 0. The normalized spacial score (nSPS) is 11.4. The molecular formula is C30H32N2O2. The van der Waals surface area contributed by atoms with Crippen molar-refractivity contribution in [1.82, 2.24) is 0 Å². The van der Waals surface area contributed by atoms with Crippen molar-refractivity contribution >= 4 is 11.4 Å². The van der Waals surface area contributed by atoms with Gasteiger partial charge in [-0.25, -0.2) is 0 Å². The number of anilines is 2. The molecule has 0 saturated carbocycles. The summed E-state index contributed by atoms with van der Waals surface area (Å²) in [6.45, 7) is 6.75. The van der Waals surface area contributed by atoms with Crippen LogP contribution >= 0.6 is 0 Å². The van der Waals surface area contributed by atoms with E-state index < -0.39 is 0 Å². The van der Waals surface area contributed by atoms with Gasteiger partial charge >= 0.3 is 0 Å². The standard InChI is InChI=1S/C30H32N2O2/c1-21(2)20-30(3,26-8-4-6-10-28(26)33-24-16-12-22(31)13-17-24)27-9-5-7-11-29(27)34-25-18-14-23(32)15-19-25/h4-19,21H,20,31-32H2,1-3H3. The van der Waals surface area contributed by atoms with E-state index in [1.165, 1.54) is 0 Å². The molecule has 0 fully saturated rings. The van der Waals surface area contributed by atoms with Crippen LogP contribution in [0, 0.1) is 5.92 Å². The highest BCUT2D eigenvalue weighted by atomic mass is 16.5. The molecule has 4 aromatic carbocycles. The molecule has 0 aromatic heterocycles. The second kappa shape index (κ2) is 9.92. The van der Waals surface area contributed by atoms with E-state index in [1.807, 2.05) is 72.8 Å². The number of nitrogens with two attached hydrogens (primary N) is 2. The van der Waals surface area contributed by atoms with Crippen molar-refractivity contribution in [2.75, 3.05) is 11.5 Å². The van der Waals surface area contributed by atoms with Crippen LogP contribution in [0.1, 0.15) is 38.3 Å². The molecule has 0 unspecified atom stereocenters. The number of nitrogen functional groups attached to an aromatic ring is 2. The van der Waals surface area contributed by atoms with Gasteiger partial charge < -0.3 is 20.9 Å². The third-order valence-electron chi connectivity index (χ3n) is 6.00. The van der Waals surface area contributed by atoms with Crippen molar-refractivity contribution in [3.8, 4) is 23.0 Å². The Morgan fingerprint density at radius 2 is 1.00 bits per heavy atom. The molecular weight excluding hydrogens is 420 g/mol. The smallest absolute Gasteiger partial charge is 0.131 e. The van der Waals surface area contributed by atoms with Crippen LogP contribution in [0.4, 0.5) is 11.4 Å². The SMILES string of the molecule is CC(C)CC(C)(c1ccccc1Oc1ccc(N)cc1)c1ccccc1Oc1ccc(N)cc1. The lowest BCUT2D eigenvalue weighted by atomic mass is 9.70. The van der Waals surface area contributed by atoms with Gasteiger partial charge in [0.2, 0.25) is 0 Å². The molecule has 34 heavy (non-hydrogen) atoms. The highest BCUT2D eigenvalue weighted by molar-refractivity contribution is 5.54. The fourth-order valence-electron chi connectivity index (χ4n) is 4.53. The number of hydrogen-bond acceptors (Lipinski definition) is 4. The van der Waals surface area contributed by atoms with E-state index in [4.69, 9.17) is 20.9 Å². The lowest BCUT2D eigenvalue weighted by molar-refractivity contribution is 0.387. The van der Waals surface area contributed by atoms with Crippen molar-refractivity contribution < 1.29 is 9.47 Å². The lowest BCUT2D eigenvalue weighted by Crippen LogP contribution is -2.27. The molecule has 174 valence electrons. The molecule has 4 rings (SSSR count). The minimum absolute atomic E-state index is 0.358. The molecule has 0 bridgehead atoms. The number of ether oxygens (including phenoxy) is 2. The Kier molecular flexibility index (Phi) is 6.78. The van der Waals surface area contributed by atoms with Crippen LogP contribution in [0.2, 0.25) is 0 Å². The van der Waals surface area contributed by atoms with Gasteiger partial charge in [0, 0.05) is 27.9 Å². The quantitative estimate of drug-likeness (QED) is 0.268. The van der Waals surface area contributed by atoms with Crippen molar-refractivity contribution in [2.24, 2.45) is 5.92 Å². The Hall–Kier alpha value is -3.92. The first-order chi connectivity index (χ1) is 16.3. The molecule has 0 amide bonds. The third kappa shape index (κ3) is 5.18. The van der Waals surface area contributed by atoms with E-state index in [0.717, 1.165) is 40.5 Å². The summed E-state index contributed by atoms with van der Waals surface area (Å²) in [6, 6.07) is 31.4. The first kappa shape index (κ1) is 23.2. The second-order valence-electron chi connectivity index (χ2n) is 9.26. The van der Waals surface area contributed by atoms with Crippen LogP contribution in [0.5, 0.6) is 23.0 Å². The van der Waals surface area contributed by atoms with Gasteiger partial charge in [-0.3, -0.25) is 0 Å². The van der Waals surface area contributed by atoms with Gasteiger partial charge in [-0.15, -0.1) is 0 Å². The lowest BCUT2D eigenvalue weighted by Gasteiger charge is -2.35. The van der Waals surface area contributed by atoms with Crippen molar-refractivity contribution in [1.29, 1.82) is 0 Å². The maximum atomic E-state index is 6.37. The highest BCUT2D eigenvalue weighted by Gasteiger charge is 2.35. The molecule has 0 spiro atoms. The van der Waals surface area contributed by atoms with E-state index in [1.54, 1.807) is 0 Å². The zero-order chi connectivity index (χ0) is 24.1. The zero-order valence-corrected chi connectivity index (χ0v) is 20.0. The molecule has 0 atom stereocenters. The summed E-state index contributed by atoms with van der Waals surface area (Å²) in [5.74, 6) is 3.58. The van der Waals surface area contributed by atoms with Gasteiger partial charge in [0.15, 0.2) is 0 Å². The van der Waals surface area contributed by atoms with Crippen LogP contribution in [0.15, 0.2) is 97.1 Å². The van der Waals surface area contributed by atoms with Crippen LogP contribution in [0.25, 0.3) is 0 Å². The Morgan fingerprint density at radius 3 is 1.38 bits per heavy atom. The van der Waals surface area contributed by atoms with E-state index in [2.05, 4.69) is 45.0 Å². The van der Waals surface area contributed by atoms with E-state index in [-0.39, 0.29) is 5.41 Å². The Bertz CT molecular complexity index is 1140. The van der Waals surface area contributed by atoms with E-state index >= 15 is 0 Å². The third-order valence-corrected chi connectivity index (χ3v) is 6.00. The molecule has 0 saturated heterocycles. The van der Waals surface area contributed by atoms with Gasteiger partial charge in [-0.1, -0.05) is 57.2 Å². The maximum Gasteiger partial charge on any atom is 0.131 e. The van der Waals surface area contributed by atoms with Gasteiger partial charge in [0.1, 0.15) is 23.0 Å². The van der Waals surface area contributed by atoms with Gasteiger partial charge in [-0.2, -0.15) is 0 Å². The fourth-order valence-corrected chi connectivity index (χ4v) is 4.53. The van der Waals surface area contributed by atoms with Gasteiger partial charge in [0.25, 0.3) is 0 Å². The molecule has 0 radical (unpaired) electrons. The number of rotatable bonds is 8. The molecule has 0 aliphatic heterocycles. The number of para-hydroxylation sites is 2. The Morgan fingerprint density at radius 1 is 0.618 bits per heavy atom. The maximum absolute atomic E-state index is 6.37. The van der Waals surface area contributed by atoms with Crippen LogP contribution in [0.3, 0.4) is 0 Å². The first-order valence-corrected chi connectivity index (χ1v) is 11.6. The molecule has 4 nitrogen and oxygen atoms in total. The fraction of sp³-hybridized carbons (Fsp3) is 0.200. The van der Waals surface area contributed by atoms with Crippen molar-refractivity contribution in [3.63, 3.8) is 0 Å². The number of benzene rings is 4. The molecule has 4 heteroatoms. The van der Waals surface area contributed by atoms with Gasteiger partial charge in [0.05, 0.1) is 0 Å². The van der Waals surface area contributed by atoms with Crippen LogP contribution in [-0.2, 0) is 5.41 Å². The summed E-state index contributed by atoms with van der Waals surface area (Å²) >= 11 is 0. The van der Waals surface area contributed by atoms with Crippen molar-refractivity contribution in [2.45, 2.75) is 32.6 Å². The highest BCUT2D eigenvalue weighted by Crippen LogP contribution is 2.47. The van der Waals surface area contributed by atoms with E-state index in [9.17, 15) is 0 Å². The molecule has 4 aromatic rings. The predicted molar refractivity (Wildman–Crippen MR) is 141 cm³/mol. The Labute approximate surface area is 202 Å². The average molecular weight is 453 g/mol. The first-order valence-electron chi connectivity index (χ1n) is 11.6. The molecule has 0 aliphatic rings. The van der Waals surface area contributed by atoms with E-state index in [0.29, 0.717) is 17.3 Å². The van der Waals surface area contributed by atoms with Crippen molar-refractivity contribution in [3.05, 3.63) is 108 Å². The summed E-state index contributed by atoms with van der Waals surface area (Å²) in [5.41, 5.74) is 15.0. The minimum Gasteiger partial charge on any atom is -0.457 e. The summed E-state index contributed by atoms with van der Waals surface area (Å²) in [5, 5.41) is 0. The second-order valence-corrected chi connectivity index (χ2v) is 9.26. The molecule has 4 N–H and O–H groups in total. The average Bonchev–Trinajstić information content (AvgIpc) is 2.82. The summed E-state index contributed by atoms with van der Waals surface area (Å²) < 4.78 is 12.7. The summed E-state index contributed by atoms with van der Waals surface area (Å²) in [6.07, 6.45) is 0.914. The predicted octanol–water partition coefficient (Wildman–Crippen LogP) is 7.79.